The highest BCUT2D eigenvalue weighted by Gasteiger charge is 2.15. The van der Waals surface area contributed by atoms with Gasteiger partial charge in [0.25, 0.3) is 0 Å². The highest BCUT2D eigenvalue weighted by molar-refractivity contribution is 6.31. The van der Waals surface area contributed by atoms with E-state index in [1.165, 1.54) is 0 Å². The van der Waals surface area contributed by atoms with Crippen molar-refractivity contribution < 1.29 is 0 Å². The van der Waals surface area contributed by atoms with Gasteiger partial charge in [0.1, 0.15) is 0 Å². The first-order valence-corrected chi connectivity index (χ1v) is 6.27. The van der Waals surface area contributed by atoms with Gasteiger partial charge in [-0.25, -0.2) is 0 Å². The van der Waals surface area contributed by atoms with E-state index in [1.54, 1.807) is 18.3 Å². The van der Waals surface area contributed by atoms with Gasteiger partial charge < -0.3 is 0 Å². The first-order chi connectivity index (χ1) is 8.70. The number of halogens is 2. The maximum Gasteiger partial charge on any atom is 0.0775 e. The zero-order valence-electron chi connectivity index (χ0n) is 9.61. The summed E-state index contributed by atoms with van der Waals surface area (Å²) < 4.78 is 0. The fraction of sp³-hybridized carbons (Fsp3) is 0.154. The molecule has 0 spiro atoms. The van der Waals surface area contributed by atoms with E-state index >= 15 is 0 Å². The van der Waals surface area contributed by atoms with Crippen LogP contribution in [0.3, 0.4) is 0 Å². The molecule has 0 saturated heterocycles. The van der Waals surface area contributed by atoms with Gasteiger partial charge in [0.05, 0.1) is 16.8 Å². The third-order valence-corrected chi connectivity index (χ3v) is 3.24. The van der Waals surface area contributed by atoms with E-state index in [1.807, 2.05) is 24.3 Å². The van der Waals surface area contributed by atoms with Crippen molar-refractivity contribution in [1.29, 1.82) is 0 Å². The molecular weight excluding hydrogens is 269 g/mol. The lowest BCUT2D eigenvalue weighted by molar-refractivity contribution is 0.538. The summed E-state index contributed by atoms with van der Waals surface area (Å²) in [7, 11) is 0. The molecule has 1 aromatic carbocycles. The largest absolute Gasteiger partial charge is 0.271 e. The van der Waals surface area contributed by atoms with E-state index in [2.05, 4.69) is 10.4 Å². The number of rotatable bonds is 4. The molecule has 3 N–H and O–H groups in total. The lowest BCUT2D eigenvalue weighted by atomic mass is 10.0. The molecule has 2 rings (SSSR count). The molecule has 1 aromatic heterocycles. The smallest absolute Gasteiger partial charge is 0.0775 e. The van der Waals surface area contributed by atoms with Crippen molar-refractivity contribution in [2.75, 3.05) is 0 Å². The van der Waals surface area contributed by atoms with Crippen LogP contribution in [0.25, 0.3) is 0 Å². The first-order valence-electron chi connectivity index (χ1n) is 5.51. The van der Waals surface area contributed by atoms with Crippen molar-refractivity contribution in [2.45, 2.75) is 12.5 Å². The van der Waals surface area contributed by atoms with Gasteiger partial charge in [-0.2, -0.15) is 0 Å². The molecule has 1 unspecified atom stereocenters. The zero-order valence-corrected chi connectivity index (χ0v) is 11.1. The van der Waals surface area contributed by atoms with E-state index in [-0.39, 0.29) is 6.04 Å². The second-order valence-electron chi connectivity index (χ2n) is 3.92. The Kier molecular flexibility index (Phi) is 4.55. The number of nitrogens with one attached hydrogen (secondary N) is 1. The van der Waals surface area contributed by atoms with Crippen LogP contribution in [-0.2, 0) is 6.42 Å². The maximum atomic E-state index is 6.11. The summed E-state index contributed by atoms with van der Waals surface area (Å²) >= 11 is 12.0. The van der Waals surface area contributed by atoms with Gasteiger partial charge in [-0.1, -0.05) is 35.3 Å². The van der Waals surface area contributed by atoms with Gasteiger partial charge in [0, 0.05) is 11.2 Å². The van der Waals surface area contributed by atoms with Gasteiger partial charge >= 0.3 is 0 Å². The molecule has 3 nitrogen and oxygen atoms in total. The van der Waals surface area contributed by atoms with Gasteiger partial charge in [-0.3, -0.25) is 16.3 Å². The molecule has 0 bridgehead atoms. The second kappa shape index (κ2) is 6.16. The van der Waals surface area contributed by atoms with Crippen molar-refractivity contribution >= 4 is 23.2 Å². The minimum Gasteiger partial charge on any atom is -0.271 e. The Morgan fingerprint density at radius 1 is 1.17 bits per heavy atom. The fourth-order valence-electron chi connectivity index (χ4n) is 1.75. The second-order valence-corrected chi connectivity index (χ2v) is 4.76. The molecule has 0 aliphatic rings. The molecule has 1 heterocycles. The van der Waals surface area contributed by atoms with Gasteiger partial charge in [-0.15, -0.1) is 0 Å². The van der Waals surface area contributed by atoms with E-state index in [0.717, 1.165) is 11.3 Å². The molecule has 0 amide bonds. The van der Waals surface area contributed by atoms with Gasteiger partial charge in [0.15, 0.2) is 0 Å². The van der Waals surface area contributed by atoms with E-state index < -0.39 is 0 Å². The number of hydrogen-bond acceptors (Lipinski definition) is 3. The number of hydrazine groups is 1. The average Bonchev–Trinajstić information content (AvgIpc) is 2.39. The lowest BCUT2D eigenvalue weighted by Gasteiger charge is -2.16. The Morgan fingerprint density at radius 3 is 2.50 bits per heavy atom. The predicted molar refractivity (Wildman–Crippen MR) is 74.5 cm³/mol. The summed E-state index contributed by atoms with van der Waals surface area (Å²) in [6.45, 7) is 0. The highest BCUT2D eigenvalue weighted by atomic mass is 35.5. The zero-order chi connectivity index (χ0) is 13.0. The molecule has 0 fully saturated rings. The quantitative estimate of drug-likeness (QED) is 0.669. The summed E-state index contributed by atoms with van der Waals surface area (Å²) in [6, 6.07) is 11.1. The number of benzene rings is 1. The molecule has 0 aliphatic carbocycles. The number of nitrogens with two attached hydrogens (primary N) is 1. The van der Waals surface area contributed by atoms with Crippen LogP contribution in [0.4, 0.5) is 0 Å². The van der Waals surface area contributed by atoms with E-state index in [9.17, 15) is 0 Å². The number of pyridine rings is 1. The Hall–Kier alpha value is -1.13. The number of aromatic nitrogens is 1. The molecule has 1 atom stereocenters. The van der Waals surface area contributed by atoms with Crippen LogP contribution in [0.2, 0.25) is 10.0 Å². The highest BCUT2D eigenvalue weighted by Crippen LogP contribution is 2.23. The lowest BCUT2D eigenvalue weighted by Crippen LogP contribution is -2.30. The maximum absolute atomic E-state index is 6.11. The normalized spacial score (nSPS) is 12.4. The van der Waals surface area contributed by atoms with Crippen LogP contribution in [0.1, 0.15) is 17.3 Å². The molecule has 0 saturated carbocycles. The van der Waals surface area contributed by atoms with Crippen molar-refractivity contribution in [3.05, 3.63) is 63.9 Å². The van der Waals surface area contributed by atoms with Crippen LogP contribution in [0.15, 0.2) is 42.6 Å². The average molecular weight is 282 g/mol. The number of nitrogens with zero attached hydrogens (tertiary/aromatic N) is 1. The summed E-state index contributed by atoms with van der Waals surface area (Å²) in [4.78, 5) is 4.26. The van der Waals surface area contributed by atoms with Crippen LogP contribution in [-0.4, -0.2) is 4.98 Å². The van der Waals surface area contributed by atoms with Crippen LogP contribution in [0.5, 0.6) is 0 Å². The third kappa shape index (κ3) is 3.21. The molecule has 0 radical (unpaired) electrons. The SMILES string of the molecule is NNC(Cc1ccc(Cl)cc1)c1ncccc1Cl. The van der Waals surface area contributed by atoms with Crippen LogP contribution >= 0.6 is 23.2 Å². The minimum absolute atomic E-state index is 0.125. The van der Waals surface area contributed by atoms with E-state index in [4.69, 9.17) is 29.0 Å². The third-order valence-electron chi connectivity index (χ3n) is 2.67. The Labute approximate surface area is 116 Å². The van der Waals surface area contributed by atoms with Crippen molar-refractivity contribution in [1.82, 2.24) is 10.4 Å². The fourth-order valence-corrected chi connectivity index (χ4v) is 2.12. The first kappa shape index (κ1) is 13.3. The molecule has 5 heteroatoms. The predicted octanol–water partition coefficient (Wildman–Crippen LogP) is 3.14. The Balaban J connectivity index is 2.20. The molecule has 18 heavy (non-hydrogen) atoms. The van der Waals surface area contributed by atoms with E-state index in [0.29, 0.717) is 16.5 Å². The molecule has 0 aliphatic heterocycles. The van der Waals surface area contributed by atoms with Gasteiger partial charge in [-0.05, 0) is 36.2 Å². The summed E-state index contributed by atoms with van der Waals surface area (Å²) in [5, 5.41) is 1.32. The van der Waals surface area contributed by atoms with Crippen LogP contribution in [0, 0.1) is 0 Å². The molecule has 94 valence electrons. The summed E-state index contributed by atoms with van der Waals surface area (Å²) in [6.07, 6.45) is 2.40. The van der Waals surface area contributed by atoms with Crippen molar-refractivity contribution in [3.8, 4) is 0 Å². The monoisotopic (exact) mass is 281 g/mol. The molecular formula is C13H13Cl2N3. The van der Waals surface area contributed by atoms with Crippen molar-refractivity contribution in [3.63, 3.8) is 0 Å². The Morgan fingerprint density at radius 2 is 1.89 bits per heavy atom. The topological polar surface area (TPSA) is 50.9 Å². The Bertz CT molecular complexity index is 514. The van der Waals surface area contributed by atoms with Crippen molar-refractivity contribution in [2.24, 2.45) is 5.84 Å². The summed E-state index contributed by atoms with van der Waals surface area (Å²) in [5.41, 5.74) is 4.60. The minimum atomic E-state index is -0.125. The number of hydrogen-bond donors (Lipinski definition) is 2. The van der Waals surface area contributed by atoms with Crippen LogP contribution < -0.4 is 11.3 Å². The molecule has 2 aromatic rings. The standard InChI is InChI=1S/C13H13Cl2N3/c14-10-5-3-9(4-6-10)8-12(18-16)13-11(15)2-1-7-17-13/h1-7,12,18H,8,16H2. The van der Waals surface area contributed by atoms with Gasteiger partial charge in [0.2, 0.25) is 0 Å². The summed E-state index contributed by atoms with van der Waals surface area (Å²) in [5.74, 6) is 5.58.